The van der Waals surface area contributed by atoms with Gasteiger partial charge in [-0.05, 0) is 57.0 Å². The van der Waals surface area contributed by atoms with E-state index in [2.05, 4.69) is 20.9 Å². The molecule has 0 radical (unpaired) electrons. The van der Waals surface area contributed by atoms with E-state index in [1.807, 2.05) is 38.2 Å². The average Bonchev–Trinajstić information content (AvgIpc) is 3.04. The minimum Gasteiger partial charge on any atom is -0.494 e. The van der Waals surface area contributed by atoms with Crippen LogP contribution in [0.3, 0.4) is 0 Å². The number of aliphatic hydroxyl groups is 1. The molecule has 1 aliphatic heterocycles. The van der Waals surface area contributed by atoms with Gasteiger partial charge in [0, 0.05) is 18.3 Å². The highest BCUT2D eigenvalue weighted by atomic mass is 16.5. The Labute approximate surface area is 143 Å². The van der Waals surface area contributed by atoms with Crippen LogP contribution in [0.5, 0.6) is 5.75 Å². The van der Waals surface area contributed by atoms with E-state index in [0.717, 1.165) is 42.3 Å². The third-order valence-corrected chi connectivity index (χ3v) is 4.48. The lowest BCUT2D eigenvalue weighted by Gasteiger charge is -2.24. The first kappa shape index (κ1) is 16.9. The van der Waals surface area contributed by atoms with Crippen LogP contribution in [0.4, 0.5) is 0 Å². The molecule has 128 valence electrons. The first-order valence-corrected chi connectivity index (χ1v) is 8.60. The molecule has 24 heavy (non-hydrogen) atoms. The van der Waals surface area contributed by atoms with Crippen molar-refractivity contribution in [2.75, 3.05) is 13.2 Å². The Morgan fingerprint density at radius 3 is 2.96 bits per heavy atom. The largest absolute Gasteiger partial charge is 0.494 e. The van der Waals surface area contributed by atoms with Gasteiger partial charge in [0.1, 0.15) is 11.6 Å². The molecule has 1 atom stereocenters. The molecule has 1 aromatic heterocycles. The number of hydrogen-bond donors (Lipinski definition) is 1. The normalized spacial score (nSPS) is 18.0. The van der Waals surface area contributed by atoms with Crippen LogP contribution in [0.15, 0.2) is 30.5 Å². The predicted octanol–water partition coefficient (Wildman–Crippen LogP) is 3.01. The van der Waals surface area contributed by atoms with Crippen LogP contribution in [0.2, 0.25) is 0 Å². The molecule has 1 fully saturated rings. The SMILES string of the molecule is CCOc1ccc(CN2CCC[C@@H]2c2ccnc(C)n2)cc1CO. The van der Waals surface area contributed by atoms with Crippen molar-refractivity contribution in [3.63, 3.8) is 0 Å². The molecule has 1 aliphatic rings. The number of aliphatic hydroxyl groups excluding tert-OH is 1. The zero-order valence-electron chi connectivity index (χ0n) is 14.4. The lowest BCUT2D eigenvalue weighted by atomic mass is 10.1. The van der Waals surface area contributed by atoms with E-state index in [-0.39, 0.29) is 6.61 Å². The van der Waals surface area contributed by atoms with Crippen LogP contribution in [-0.2, 0) is 13.2 Å². The van der Waals surface area contributed by atoms with Gasteiger partial charge in [0.05, 0.1) is 24.9 Å². The minimum atomic E-state index is -0.00227. The van der Waals surface area contributed by atoms with Crippen molar-refractivity contribution in [1.29, 1.82) is 0 Å². The van der Waals surface area contributed by atoms with Crippen LogP contribution < -0.4 is 4.74 Å². The van der Waals surface area contributed by atoms with Crippen LogP contribution in [0, 0.1) is 6.92 Å². The Morgan fingerprint density at radius 1 is 1.33 bits per heavy atom. The van der Waals surface area contributed by atoms with E-state index in [0.29, 0.717) is 12.6 Å². The van der Waals surface area contributed by atoms with Gasteiger partial charge < -0.3 is 9.84 Å². The molecule has 0 saturated carbocycles. The smallest absolute Gasteiger partial charge is 0.125 e. The van der Waals surface area contributed by atoms with Crippen molar-refractivity contribution in [2.45, 2.75) is 45.9 Å². The quantitative estimate of drug-likeness (QED) is 0.884. The first-order valence-electron chi connectivity index (χ1n) is 8.60. The molecule has 2 heterocycles. The standard InChI is InChI=1S/C19H25N3O2/c1-3-24-19-7-6-15(11-16(19)13-23)12-22-10-4-5-18(22)17-8-9-20-14(2)21-17/h6-9,11,18,23H,3-5,10,12-13H2,1-2H3/t18-/m1/s1. The second kappa shape index (κ2) is 7.73. The van der Waals surface area contributed by atoms with Crippen molar-refractivity contribution in [1.82, 2.24) is 14.9 Å². The van der Waals surface area contributed by atoms with Crippen LogP contribution in [0.1, 0.15) is 48.5 Å². The number of hydrogen-bond acceptors (Lipinski definition) is 5. The Balaban J connectivity index is 1.77. The number of ether oxygens (including phenoxy) is 1. The summed E-state index contributed by atoms with van der Waals surface area (Å²) in [5.74, 6) is 1.59. The molecule has 0 spiro atoms. The predicted molar refractivity (Wildman–Crippen MR) is 92.7 cm³/mol. The molecular weight excluding hydrogens is 302 g/mol. The molecule has 3 rings (SSSR count). The van der Waals surface area contributed by atoms with Gasteiger partial charge in [0.25, 0.3) is 0 Å². The zero-order chi connectivity index (χ0) is 16.9. The third kappa shape index (κ3) is 3.74. The molecule has 0 bridgehead atoms. The summed E-state index contributed by atoms with van der Waals surface area (Å²) in [5, 5.41) is 9.58. The van der Waals surface area contributed by atoms with Gasteiger partial charge in [-0.2, -0.15) is 0 Å². The fourth-order valence-electron chi connectivity index (χ4n) is 3.40. The van der Waals surface area contributed by atoms with Crippen molar-refractivity contribution >= 4 is 0 Å². The summed E-state index contributed by atoms with van der Waals surface area (Å²) < 4.78 is 5.57. The lowest BCUT2D eigenvalue weighted by Crippen LogP contribution is -2.23. The van der Waals surface area contributed by atoms with Crippen molar-refractivity contribution in [3.05, 3.63) is 53.1 Å². The Kier molecular flexibility index (Phi) is 5.43. The molecule has 1 N–H and O–H groups in total. The average molecular weight is 327 g/mol. The maximum Gasteiger partial charge on any atom is 0.125 e. The molecule has 5 heteroatoms. The Hall–Kier alpha value is -1.98. The highest BCUT2D eigenvalue weighted by molar-refractivity contribution is 5.37. The topological polar surface area (TPSA) is 58.5 Å². The summed E-state index contributed by atoms with van der Waals surface area (Å²) in [7, 11) is 0. The highest BCUT2D eigenvalue weighted by Gasteiger charge is 2.27. The number of aryl methyl sites for hydroxylation is 1. The van der Waals surface area contributed by atoms with E-state index in [1.165, 1.54) is 12.0 Å². The minimum absolute atomic E-state index is 0.00227. The van der Waals surface area contributed by atoms with E-state index >= 15 is 0 Å². The van der Waals surface area contributed by atoms with E-state index in [9.17, 15) is 5.11 Å². The zero-order valence-corrected chi connectivity index (χ0v) is 14.4. The van der Waals surface area contributed by atoms with Gasteiger partial charge in [-0.3, -0.25) is 4.90 Å². The van der Waals surface area contributed by atoms with Gasteiger partial charge >= 0.3 is 0 Å². The third-order valence-electron chi connectivity index (χ3n) is 4.48. The lowest BCUT2D eigenvalue weighted by molar-refractivity contribution is 0.242. The fourth-order valence-corrected chi connectivity index (χ4v) is 3.40. The van der Waals surface area contributed by atoms with E-state index in [4.69, 9.17) is 4.74 Å². The second-order valence-electron chi connectivity index (χ2n) is 6.19. The molecule has 0 unspecified atom stereocenters. The van der Waals surface area contributed by atoms with Crippen molar-refractivity contribution in [3.8, 4) is 5.75 Å². The molecular formula is C19H25N3O2. The Bertz CT molecular complexity index is 690. The summed E-state index contributed by atoms with van der Waals surface area (Å²) in [5.41, 5.74) is 3.15. The van der Waals surface area contributed by atoms with Gasteiger partial charge in [0.15, 0.2) is 0 Å². The molecule has 2 aromatic rings. The second-order valence-corrected chi connectivity index (χ2v) is 6.19. The van der Waals surface area contributed by atoms with Gasteiger partial charge in [-0.1, -0.05) is 6.07 Å². The summed E-state index contributed by atoms with van der Waals surface area (Å²) in [6, 6.07) is 8.46. The summed E-state index contributed by atoms with van der Waals surface area (Å²) in [6.07, 6.45) is 4.15. The maximum atomic E-state index is 9.58. The summed E-state index contributed by atoms with van der Waals surface area (Å²) >= 11 is 0. The molecule has 1 saturated heterocycles. The first-order chi connectivity index (χ1) is 11.7. The van der Waals surface area contributed by atoms with E-state index < -0.39 is 0 Å². The molecule has 0 aliphatic carbocycles. The molecule has 5 nitrogen and oxygen atoms in total. The summed E-state index contributed by atoms with van der Waals surface area (Å²) in [4.78, 5) is 11.3. The number of nitrogens with zero attached hydrogens (tertiary/aromatic N) is 3. The number of likely N-dealkylation sites (tertiary alicyclic amines) is 1. The molecule has 1 aromatic carbocycles. The number of benzene rings is 1. The Morgan fingerprint density at radius 2 is 2.21 bits per heavy atom. The number of aromatic nitrogens is 2. The highest BCUT2D eigenvalue weighted by Crippen LogP contribution is 2.32. The van der Waals surface area contributed by atoms with Crippen molar-refractivity contribution < 1.29 is 9.84 Å². The van der Waals surface area contributed by atoms with Crippen LogP contribution >= 0.6 is 0 Å². The number of rotatable bonds is 6. The van der Waals surface area contributed by atoms with Gasteiger partial charge in [-0.15, -0.1) is 0 Å². The van der Waals surface area contributed by atoms with E-state index in [1.54, 1.807) is 0 Å². The van der Waals surface area contributed by atoms with Crippen molar-refractivity contribution in [2.24, 2.45) is 0 Å². The fraction of sp³-hybridized carbons (Fsp3) is 0.474. The monoisotopic (exact) mass is 327 g/mol. The van der Waals surface area contributed by atoms with Gasteiger partial charge in [0.2, 0.25) is 0 Å². The summed E-state index contributed by atoms with van der Waals surface area (Å²) in [6.45, 7) is 6.41. The van der Waals surface area contributed by atoms with Crippen LogP contribution in [0.25, 0.3) is 0 Å². The maximum absolute atomic E-state index is 9.58. The van der Waals surface area contributed by atoms with Crippen LogP contribution in [-0.4, -0.2) is 33.1 Å². The molecule has 0 amide bonds. The van der Waals surface area contributed by atoms with Gasteiger partial charge in [-0.25, -0.2) is 9.97 Å².